The lowest BCUT2D eigenvalue weighted by atomic mass is 10.1. The summed E-state index contributed by atoms with van der Waals surface area (Å²) in [5.41, 5.74) is 1.59. The molecule has 4 N–H and O–H groups in total. The Morgan fingerprint density at radius 1 is 0.968 bits per heavy atom. The van der Waals surface area contributed by atoms with Gasteiger partial charge in [-0.1, -0.05) is 12.1 Å². The summed E-state index contributed by atoms with van der Waals surface area (Å²) in [5, 5.41) is 11.5. The number of morpholine rings is 1. The predicted octanol–water partition coefficient (Wildman–Crippen LogP) is 0.884. The maximum atomic E-state index is 12.6. The van der Waals surface area contributed by atoms with E-state index in [2.05, 4.69) is 10.6 Å². The number of ether oxygens (including phenoxy) is 1. The lowest BCUT2D eigenvalue weighted by Gasteiger charge is -2.26. The topological polar surface area (TPSA) is 131 Å². The quantitative estimate of drug-likeness (QED) is 0.494. The molecule has 0 atom stereocenters. The van der Waals surface area contributed by atoms with Crippen molar-refractivity contribution in [2.24, 2.45) is 5.14 Å². The zero-order valence-corrected chi connectivity index (χ0v) is 19.1. The molecule has 1 fully saturated rings. The Labute approximate surface area is 187 Å². The van der Waals surface area contributed by atoms with E-state index in [0.717, 1.165) is 5.56 Å². The van der Waals surface area contributed by atoms with Gasteiger partial charge in [-0.3, -0.25) is 0 Å². The minimum atomic E-state index is -3.70. The fraction of sp³-hybridized carbons (Fsp3) is 0.316. The summed E-state index contributed by atoms with van der Waals surface area (Å²) < 4.78 is 54.5. The van der Waals surface area contributed by atoms with Gasteiger partial charge in [0.2, 0.25) is 20.0 Å². The van der Waals surface area contributed by atoms with Gasteiger partial charge in [0.05, 0.1) is 23.0 Å². The summed E-state index contributed by atoms with van der Waals surface area (Å²) in [5.74, 6) is 0. The first-order valence-corrected chi connectivity index (χ1v) is 12.9. The van der Waals surface area contributed by atoms with E-state index in [9.17, 15) is 16.8 Å². The number of nitrogens with zero attached hydrogens (tertiary/aromatic N) is 1. The minimum Gasteiger partial charge on any atom is -0.379 e. The second-order valence-corrected chi connectivity index (χ2v) is 10.8. The Morgan fingerprint density at radius 2 is 1.55 bits per heavy atom. The molecule has 0 aliphatic carbocycles. The van der Waals surface area contributed by atoms with Gasteiger partial charge in [0.25, 0.3) is 0 Å². The van der Waals surface area contributed by atoms with E-state index in [1.165, 1.54) is 16.4 Å². The first-order chi connectivity index (χ1) is 14.7. The van der Waals surface area contributed by atoms with Gasteiger partial charge < -0.3 is 15.4 Å². The molecule has 3 rings (SSSR count). The number of anilines is 1. The highest BCUT2D eigenvalue weighted by Gasteiger charge is 2.26. The van der Waals surface area contributed by atoms with E-state index in [0.29, 0.717) is 50.1 Å². The number of hydrogen-bond acceptors (Lipinski definition) is 6. The maximum absolute atomic E-state index is 12.6. The predicted molar refractivity (Wildman–Crippen MR) is 122 cm³/mol. The van der Waals surface area contributed by atoms with Gasteiger partial charge in [0.15, 0.2) is 5.11 Å². The molecule has 12 heteroatoms. The van der Waals surface area contributed by atoms with Crippen LogP contribution in [0.2, 0.25) is 0 Å². The minimum absolute atomic E-state index is 0.0699. The molecule has 0 unspecified atom stereocenters. The third kappa shape index (κ3) is 6.45. The highest BCUT2D eigenvalue weighted by molar-refractivity contribution is 7.89. The van der Waals surface area contributed by atoms with Gasteiger partial charge in [0, 0.05) is 25.3 Å². The van der Waals surface area contributed by atoms with Crippen molar-refractivity contribution in [2.75, 3.05) is 38.2 Å². The van der Waals surface area contributed by atoms with Crippen LogP contribution in [0.1, 0.15) is 5.56 Å². The Hall–Kier alpha value is -2.09. The molecule has 2 aromatic carbocycles. The molecule has 0 aromatic heterocycles. The molecule has 9 nitrogen and oxygen atoms in total. The molecular formula is C19H24N4O5S3. The zero-order chi connectivity index (χ0) is 22.5. The number of hydrogen-bond donors (Lipinski definition) is 3. The summed E-state index contributed by atoms with van der Waals surface area (Å²) in [4.78, 5) is 0.294. The highest BCUT2D eigenvalue weighted by atomic mass is 32.2. The summed E-state index contributed by atoms with van der Waals surface area (Å²) >= 11 is 5.27. The maximum Gasteiger partial charge on any atom is 0.243 e. The van der Waals surface area contributed by atoms with E-state index in [4.69, 9.17) is 22.1 Å². The molecule has 1 heterocycles. The number of sulfonamides is 2. The van der Waals surface area contributed by atoms with E-state index >= 15 is 0 Å². The van der Waals surface area contributed by atoms with Crippen LogP contribution >= 0.6 is 12.2 Å². The third-order valence-electron chi connectivity index (χ3n) is 4.67. The first kappa shape index (κ1) is 23.6. The van der Waals surface area contributed by atoms with Gasteiger partial charge >= 0.3 is 0 Å². The van der Waals surface area contributed by atoms with Crippen LogP contribution in [0.5, 0.6) is 0 Å². The van der Waals surface area contributed by atoms with Crippen molar-refractivity contribution in [3.05, 3.63) is 54.1 Å². The molecule has 0 amide bonds. The molecular weight excluding hydrogens is 460 g/mol. The van der Waals surface area contributed by atoms with Gasteiger partial charge in [-0.25, -0.2) is 22.0 Å². The number of nitrogens with two attached hydrogens (primary N) is 1. The summed E-state index contributed by atoms with van der Waals surface area (Å²) in [7, 11) is -7.23. The van der Waals surface area contributed by atoms with Gasteiger partial charge in [-0.15, -0.1) is 0 Å². The van der Waals surface area contributed by atoms with Crippen LogP contribution in [-0.4, -0.2) is 59.1 Å². The third-order valence-corrected chi connectivity index (χ3v) is 7.76. The first-order valence-electron chi connectivity index (χ1n) is 9.51. The highest BCUT2D eigenvalue weighted by Crippen LogP contribution is 2.19. The molecule has 1 aliphatic rings. The SMILES string of the molecule is NS(=O)(=O)c1ccc(CCNC(=S)Nc2ccc(S(=O)(=O)N3CCOCC3)cc2)cc1. The molecule has 168 valence electrons. The number of primary sulfonamides is 1. The Balaban J connectivity index is 1.49. The van der Waals surface area contributed by atoms with Crippen LogP contribution in [0.15, 0.2) is 58.3 Å². The molecule has 0 radical (unpaired) electrons. The lowest BCUT2D eigenvalue weighted by molar-refractivity contribution is 0.0730. The largest absolute Gasteiger partial charge is 0.379 e. The number of benzene rings is 2. The number of thiocarbonyl (C=S) groups is 1. The molecule has 31 heavy (non-hydrogen) atoms. The van der Waals surface area contributed by atoms with Crippen LogP contribution < -0.4 is 15.8 Å². The van der Waals surface area contributed by atoms with E-state index in [-0.39, 0.29) is 9.79 Å². The fourth-order valence-electron chi connectivity index (χ4n) is 2.99. The summed E-state index contributed by atoms with van der Waals surface area (Å²) in [6.07, 6.45) is 0.628. The molecule has 1 aliphatic heterocycles. The van der Waals surface area contributed by atoms with Crippen LogP contribution in [0.3, 0.4) is 0 Å². The van der Waals surface area contributed by atoms with Crippen LogP contribution in [-0.2, 0) is 31.2 Å². The van der Waals surface area contributed by atoms with Gasteiger partial charge in [-0.2, -0.15) is 4.31 Å². The smallest absolute Gasteiger partial charge is 0.243 e. The average Bonchev–Trinajstić information content (AvgIpc) is 2.74. The molecule has 1 saturated heterocycles. The van der Waals surface area contributed by atoms with Crippen LogP contribution in [0.4, 0.5) is 5.69 Å². The van der Waals surface area contributed by atoms with E-state index in [1.807, 2.05) is 0 Å². The fourth-order valence-corrected chi connectivity index (χ4v) is 5.13. The van der Waals surface area contributed by atoms with Crippen LogP contribution in [0.25, 0.3) is 0 Å². The Morgan fingerprint density at radius 3 is 2.13 bits per heavy atom. The van der Waals surface area contributed by atoms with Crippen molar-refractivity contribution < 1.29 is 21.6 Å². The van der Waals surface area contributed by atoms with Crippen molar-refractivity contribution in [2.45, 2.75) is 16.2 Å². The van der Waals surface area contributed by atoms with Crippen molar-refractivity contribution in [3.63, 3.8) is 0 Å². The van der Waals surface area contributed by atoms with Gasteiger partial charge in [0.1, 0.15) is 0 Å². The normalized spacial score (nSPS) is 15.4. The molecule has 0 saturated carbocycles. The Kier molecular flexibility index (Phi) is 7.62. The van der Waals surface area contributed by atoms with Crippen molar-refractivity contribution >= 4 is 43.1 Å². The van der Waals surface area contributed by atoms with Crippen molar-refractivity contribution in [1.82, 2.24) is 9.62 Å². The summed E-state index contributed by atoms with van der Waals surface area (Å²) in [6.45, 7) is 2.02. The second-order valence-electron chi connectivity index (χ2n) is 6.86. The zero-order valence-electron chi connectivity index (χ0n) is 16.7. The Bertz CT molecular complexity index is 1110. The van der Waals surface area contributed by atoms with E-state index in [1.54, 1.807) is 36.4 Å². The number of nitrogens with one attached hydrogen (secondary N) is 2. The monoisotopic (exact) mass is 484 g/mol. The van der Waals surface area contributed by atoms with Crippen molar-refractivity contribution in [1.29, 1.82) is 0 Å². The average molecular weight is 485 g/mol. The lowest BCUT2D eigenvalue weighted by Crippen LogP contribution is -2.40. The number of rotatable bonds is 7. The van der Waals surface area contributed by atoms with Gasteiger partial charge in [-0.05, 0) is 60.6 Å². The van der Waals surface area contributed by atoms with Crippen molar-refractivity contribution in [3.8, 4) is 0 Å². The standard InChI is InChI=1S/C19H24N4O5S3/c20-30(24,25)17-5-1-15(2-6-17)9-10-21-19(29)22-16-3-7-18(8-4-16)31(26,27)23-11-13-28-14-12-23/h1-8H,9-14H2,(H2,20,24,25)(H2,21,22,29). The van der Waals surface area contributed by atoms with Crippen LogP contribution in [0, 0.1) is 0 Å². The molecule has 2 aromatic rings. The summed E-state index contributed by atoms with van der Waals surface area (Å²) in [6, 6.07) is 12.7. The second kappa shape index (κ2) is 10.0. The molecule has 0 spiro atoms. The van der Waals surface area contributed by atoms with E-state index < -0.39 is 20.0 Å². The molecule has 0 bridgehead atoms.